The monoisotopic (exact) mass is 234 g/mol. The minimum Gasteiger partial charge on any atom is -0.508 e. The van der Waals surface area contributed by atoms with Gasteiger partial charge >= 0.3 is 0 Å². The summed E-state index contributed by atoms with van der Waals surface area (Å²) >= 11 is 0. The van der Waals surface area contributed by atoms with E-state index in [1.54, 1.807) is 12.1 Å². The second kappa shape index (κ2) is 5.09. The van der Waals surface area contributed by atoms with Crippen LogP contribution in [0.1, 0.15) is 45.1 Å². The Hall–Kier alpha value is -1.02. The minimum atomic E-state index is -0.119. The summed E-state index contributed by atoms with van der Waals surface area (Å²) in [7, 11) is 0. The molecule has 1 aliphatic carbocycles. The average molecular weight is 234 g/mol. The summed E-state index contributed by atoms with van der Waals surface area (Å²) in [6.45, 7) is 4.30. The van der Waals surface area contributed by atoms with Gasteiger partial charge in [0.2, 0.25) is 0 Å². The first-order chi connectivity index (χ1) is 8.05. The topological polar surface area (TPSA) is 29.5 Å². The molecule has 0 spiro atoms. The van der Waals surface area contributed by atoms with Crippen LogP contribution in [0.2, 0.25) is 0 Å². The molecule has 94 valence electrons. The predicted molar refractivity (Wildman–Crippen MR) is 69.2 cm³/mol. The molecule has 0 aliphatic heterocycles. The quantitative estimate of drug-likeness (QED) is 0.861. The van der Waals surface area contributed by atoms with Crippen molar-refractivity contribution < 1.29 is 9.84 Å². The molecule has 2 nitrogen and oxygen atoms in total. The van der Waals surface area contributed by atoms with Gasteiger partial charge in [0.25, 0.3) is 0 Å². The zero-order valence-corrected chi connectivity index (χ0v) is 10.8. The van der Waals surface area contributed by atoms with E-state index in [1.807, 2.05) is 12.1 Å². The molecule has 0 amide bonds. The molecular formula is C15H22O2. The molecule has 0 bridgehead atoms. The van der Waals surface area contributed by atoms with Gasteiger partial charge in [0.05, 0.1) is 11.7 Å². The van der Waals surface area contributed by atoms with E-state index in [0.717, 1.165) is 6.42 Å². The first-order valence-electron chi connectivity index (χ1n) is 6.51. The summed E-state index contributed by atoms with van der Waals surface area (Å²) in [6, 6.07) is 7.41. The fraction of sp³-hybridized carbons (Fsp3) is 0.600. The summed E-state index contributed by atoms with van der Waals surface area (Å²) in [4.78, 5) is 0. The molecule has 1 aliphatic rings. The molecule has 1 fully saturated rings. The summed E-state index contributed by atoms with van der Waals surface area (Å²) in [5, 5.41) is 9.25. The third-order valence-corrected chi connectivity index (χ3v) is 3.35. The lowest BCUT2D eigenvalue weighted by Gasteiger charge is -2.29. The largest absolute Gasteiger partial charge is 0.508 e. The van der Waals surface area contributed by atoms with Gasteiger partial charge in [0.1, 0.15) is 5.75 Å². The zero-order chi connectivity index (χ0) is 12.3. The van der Waals surface area contributed by atoms with Crippen molar-refractivity contribution in [3.63, 3.8) is 0 Å². The summed E-state index contributed by atoms with van der Waals surface area (Å²) in [5.74, 6) is 0.322. The number of phenolic OH excluding ortho intramolecular Hbond substituents is 1. The third kappa shape index (κ3) is 3.74. The molecule has 1 aromatic carbocycles. The Balaban J connectivity index is 1.93. The Morgan fingerprint density at radius 2 is 1.76 bits per heavy atom. The lowest BCUT2D eigenvalue weighted by molar-refractivity contribution is -0.0673. The average Bonchev–Trinajstić information content (AvgIpc) is 2.73. The maximum atomic E-state index is 9.25. The van der Waals surface area contributed by atoms with Crippen LogP contribution in [0.5, 0.6) is 5.75 Å². The molecule has 1 saturated carbocycles. The highest BCUT2D eigenvalue weighted by atomic mass is 16.5. The van der Waals surface area contributed by atoms with Crippen molar-refractivity contribution in [2.45, 2.75) is 57.7 Å². The highest BCUT2D eigenvalue weighted by Crippen LogP contribution is 2.28. The van der Waals surface area contributed by atoms with E-state index in [-0.39, 0.29) is 5.60 Å². The number of hydrogen-bond donors (Lipinski definition) is 1. The van der Waals surface area contributed by atoms with Crippen LogP contribution in [0.4, 0.5) is 0 Å². The van der Waals surface area contributed by atoms with Crippen molar-refractivity contribution >= 4 is 0 Å². The van der Waals surface area contributed by atoms with Crippen molar-refractivity contribution in [3.05, 3.63) is 29.8 Å². The van der Waals surface area contributed by atoms with Crippen molar-refractivity contribution in [1.82, 2.24) is 0 Å². The first kappa shape index (κ1) is 12.4. The Morgan fingerprint density at radius 1 is 1.18 bits per heavy atom. The Bertz CT molecular complexity index is 348. The Kier molecular flexibility index (Phi) is 3.72. The Labute approximate surface area is 104 Å². The van der Waals surface area contributed by atoms with Gasteiger partial charge in [-0.2, -0.15) is 0 Å². The number of aromatic hydroxyl groups is 1. The predicted octanol–water partition coefficient (Wildman–Crippen LogP) is 3.67. The highest BCUT2D eigenvalue weighted by Gasteiger charge is 2.26. The smallest absolute Gasteiger partial charge is 0.115 e. The van der Waals surface area contributed by atoms with Gasteiger partial charge < -0.3 is 9.84 Å². The van der Waals surface area contributed by atoms with Crippen LogP contribution < -0.4 is 0 Å². The van der Waals surface area contributed by atoms with Gasteiger partial charge in [-0.25, -0.2) is 0 Å². The Morgan fingerprint density at radius 3 is 2.35 bits per heavy atom. The fourth-order valence-electron chi connectivity index (χ4n) is 2.60. The standard InChI is InChI=1S/C15H22O2/c1-15(2,17-14-5-3-4-6-14)11-12-7-9-13(16)10-8-12/h7-10,14,16H,3-6,11H2,1-2H3. The summed E-state index contributed by atoms with van der Waals surface area (Å²) in [5.41, 5.74) is 1.09. The lowest BCUT2D eigenvalue weighted by Crippen LogP contribution is -2.31. The molecule has 2 heteroatoms. The van der Waals surface area contributed by atoms with E-state index in [1.165, 1.54) is 31.2 Å². The lowest BCUT2D eigenvalue weighted by atomic mass is 9.98. The summed E-state index contributed by atoms with van der Waals surface area (Å²) in [6.07, 6.45) is 6.36. The second-order valence-electron chi connectivity index (χ2n) is 5.63. The van der Waals surface area contributed by atoms with Gasteiger partial charge in [-0.05, 0) is 44.4 Å². The van der Waals surface area contributed by atoms with Crippen molar-refractivity contribution in [2.24, 2.45) is 0 Å². The SMILES string of the molecule is CC(C)(Cc1ccc(O)cc1)OC1CCCC1. The molecule has 0 saturated heterocycles. The molecular weight excluding hydrogens is 212 g/mol. The molecule has 2 rings (SSSR count). The summed E-state index contributed by atoms with van der Waals surface area (Å²) < 4.78 is 6.17. The minimum absolute atomic E-state index is 0.119. The van der Waals surface area contributed by atoms with Crippen LogP contribution in [0.3, 0.4) is 0 Å². The molecule has 0 aromatic heterocycles. The molecule has 1 aromatic rings. The normalized spacial score (nSPS) is 17.5. The number of phenols is 1. The van der Waals surface area contributed by atoms with E-state index in [9.17, 15) is 5.11 Å². The van der Waals surface area contributed by atoms with Gasteiger partial charge in [-0.15, -0.1) is 0 Å². The molecule has 0 atom stereocenters. The number of benzene rings is 1. The van der Waals surface area contributed by atoms with E-state index >= 15 is 0 Å². The highest BCUT2D eigenvalue weighted by molar-refractivity contribution is 5.26. The molecule has 1 N–H and O–H groups in total. The number of ether oxygens (including phenoxy) is 1. The van der Waals surface area contributed by atoms with Crippen LogP contribution in [0.25, 0.3) is 0 Å². The molecule has 0 unspecified atom stereocenters. The van der Waals surface area contributed by atoms with Gasteiger partial charge in [-0.1, -0.05) is 25.0 Å². The van der Waals surface area contributed by atoms with Gasteiger partial charge in [0.15, 0.2) is 0 Å². The van der Waals surface area contributed by atoms with Crippen LogP contribution in [-0.4, -0.2) is 16.8 Å². The maximum absolute atomic E-state index is 9.25. The van der Waals surface area contributed by atoms with E-state index < -0.39 is 0 Å². The van der Waals surface area contributed by atoms with Crippen LogP contribution in [0, 0.1) is 0 Å². The molecule has 0 heterocycles. The van der Waals surface area contributed by atoms with E-state index in [2.05, 4.69) is 13.8 Å². The van der Waals surface area contributed by atoms with Crippen molar-refractivity contribution in [3.8, 4) is 5.75 Å². The van der Waals surface area contributed by atoms with Crippen LogP contribution in [-0.2, 0) is 11.2 Å². The molecule has 0 radical (unpaired) electrons. The fourth-order valence-corrected chi connectivity index (χ4v) is 2.60. The second-order valence-corrected chi connectivity index (χ2v) is 5.63. The third-order valence-electron chi connectivity index (χ3n) is 3.35. The van der Waals surface area contributed by atoms with Gasteiger partial charge in [0, 0.05) is 6.42 Å². The van der Waals surface area contributed by atoms with E-state index in [4.69, 9.17) is 4.74 Å². The molecule has 17 heavy (non-hydrogen) atoms. The number of rotatable bonds is 4. The van der Waals surface area contributed by atoms with Gasteiger partial charge in [-0.3, -0.25) is 0 Å². The zero-order valence-electron chi connectivity index (χ0n) is 10.8. The maximum Gasteiger partial charge on any atom is 0.115 e. The first-order valence-corrected chi connectivity index (χ1v) is 6.51. The van der Waals surface area contributed by atoms with Crippen molar-refractivity contribution in [2.75, 3.05) is 0 Å². The number of hydrogen-bond acceptors (Lipinski definition) is 2. The van der Waals surface area contributed by atoms with Crippen LogP contribution >= 0.6 is 0 Å². The van der Waals surface area contributed by atoms with E-state index in [0.29, 0.717) is 11.9 Å². The van der Waals surface area contributed by atoms with Crippen LogP contribution in [0.15, 0.2) is 24.3 Å². The van der Waals surface area contributed by atoms with Crippen molar-refractivity contribution in [1.29, 1.82) is 0 Å².